The number of benzene rings is 1. The SMILES string of the molecule is CO[C@H](C(=O)Nc1nncs1)c1ccccc1. The first-order valence-corrected chi connectivity index (χ1v) is 5.84. The summed E-state index contributed by atoms with van der Waals surface area (Å²) in [6.07, 6.45) is -0.639. The molecule has 1 aromatic carbocycles. The number of ether oxygens (including phenoxy) is 1. The maximum atomic E-state index is 11.9. The van der Waals surface area contributed by atoms with Crippen LogP contribution in [0.1, 0.15) is 11.7 Å². The fourth-order valence-electron chi connectivity index (χ4n) is 1.42. The van der Waals surface area contributed by atoms with E-state index >= 15 is 0 Å². The van der Waals surface area contributed by atoms with Crippen LogP contribution in [0, 0.1) is 0 Å². The van der Waals surface area contributed by atoms with Gasteiger partial charge in [-0.25, -0.2) is 0 Å². The maximum Gasteiger partial charge on any atom is 0.259 e. The fraction of sp³-hybridized carbons (Fsp3) is 0.182. The van der Waals surface area contributed by atoms with Gasteiger partial charge in [0, 0.05) is 7.11 Å². The lowest BCUT2D eigenvalue weighted by molar-refractivity contribution is -0.126. The summed E-state index contributed by atoms with van der Waals surface area (Å²) in [5.74, 6) is -0.254. The van der Waals surface area contributed by atoms with Gasteiger partial charge < -0.3 is 4.74 Å². The number of carbonyl (C=O) groups is 1. The standard InChI is InChI=1S/C11H11N3O2S/c1-16-9(8-5-3-2-4-6-8)10(15)13-11-14-12-7-17-11/h2-7,9H,1H3,(H,13,14,15)/t9-/m0/s1. The molecule has 0 spiro atoms. The monoisotopic (exact) mass is 249 g/mol. The Morgan fingerprint density at radius 1 is 1.41 bits per heavy atom. The van der Waals surface area contributed by atoms with Crippen molar-refractivity contribution in [1.29, 1.82) is 0 Å². The third-order valence-corrected chi connectivity index (χ3v) is 2.77. The van der Waals surface area contributed by atoms with Crippen molar-refractivity contribution >= 4 is 22.4 Å². The Morgan fingerprint density at radius 2 is 2.18 bits per heavy atom. The second-order valence-corrected chi connectivity index (χ2v) is 4.09. The van der Waals surface area contributed by atoms with Gasteiger partial charge in [0.1, 0.15) is 5.51 Å². The molecule has 0 aliphatic heterocycles. The molecule has 0 fully saturated rings. The molecule has 0 saturated carbocycles. The first kappa shape index (κ1) is 11.7. The lowest BCUT2D eigenvalue weighted by atomic mass is 10.1. The Kier molecular flexibility index (Phi) is 3.79. The molecule has 1 amide bonds. The van der Waals surface area contributed by atoms with Crippen LogP contribution < -0.4 is 5.32 Å². The lowest BCUT2D eigenvalue weighted by Gasteiger charge is -2.14. The van der Waals surface area contributed by atoms with Crippen LogP contribution in [0.5, 0.6) is 0 Å². The Labute approximate surface area is 102 Å². The normalized spacial score (nSPS) is 12.1. The summed E-state index contributed by atoms with van der Waals surface area (Å²) >= 11 is 1.26. The van der Waals surface area contributed by atoms with Gasteiger partial charge in [-0.05, 0) is 5.56 Å². The Bertz CT molecular complexity index is 473. The summed E-state index contributed by atoms with van der Waals surface area (Å²) in [5.41, 5.74) is 2.36. The highest BCUT2D eigenvalue weighted by Crippen LogP contribution is 2.19. The molecule has 1 atom stereocenters. The quantitative estimate of drug-likeness (QED) is 0.898. The van der Waals surface area contributed by atoms with Gasteiger partial charge in [0.2, 0.25) is 5.13 Å². The van der Waals surface area contributed by atoms with Crippen molar-refractivity contribution in [2.24, 2.45) is 0 Å². The highest BCUT2D eigenvalue weighted by atomic mass is 32.1. The molecule has 5 nitrogen and oxygen atoms in total. The molecular weight excluding hydrogens is 238 g/mol. The van der Waals surface area contributed by atoms with Crippen molar-refractivity contribution in [3.05, 3.63) is 41.4 Å². The van der Waals surface area contributed by atoms with E-state index in [9.17, 15) is 4.79 Å². The van der Waals surface area contributed by atoms with Crippen LogP contribution in [0.2, 0.25) is 0 Å². The summed E-state index contributed by atoms with van der Waals surface area (Å²) in [7, 11) is 1.50. The van der Waals surface area contributed by atoms with Crippen LogP contribution in [-0.2, 0) is 9.53 Å². The molecule has 6 heteroatoms. The van der Waals surface area contributed by atoms with Crippen molar-refractivity contribution in [2.75, 3.05) is 12.4 Å². The number of hydrogen-bond acceptors (Lipinski definition) is 5. The van der Waals surface area contributed by atoms with Gasteiger partial charge in [0.05, 0.1) is 0 Å². The molecule has 1 N–H and O–H groups in total. The van der Waals surface area contributed by atoms with Gasteiger partial charge in [-0.3, -0.25) is 10.1 Å². The largest absolute Gasteiger partial charge is 0.367 e. The summed E-state index contributed by atoms with van der Waals surface area (Å²) in [5, 5.41) is 10.5. The van der Waals surface area contributed by atoms with Crippen LogP contribution in [-0.4, -0.2) is 23.2 Å². The summed E-state index contributed by atoms with van der Waals surface area (Å²) in [4.78, 5) is 11.9. The topological polar surface area (TPSA) is 64.1 Å². The van der Waals surface area contributed by atoms with E-state index in [0.717, 1.165) is 5.56 Å². The smallest absolute Gasteiger partial charge is 0.259 e. The predicted molar refractivity (Wildman–Crippen MR) is 64.7 cm³/mol. The Morgan fingerprint density at radius 3 is 2.76 bits per heavy atom. The average molecular weight is 249 g/mol. The average Bonchev–Trinajstić information content (AvgIpc) is 2.84. The molecule has 0 bridgehead atoms. The molecule has 1 aromatic heterocycles. The first-order valence-electron chi connectivity index (χ1n) is 4.96. The molecular formula is C11H11N3O2S. The number of amides is 1. The number of rotatable bonds is 4. The molecule has 1 heterocycles. The van der Waals surface area contributed by atoms with Crippen molar-refractivity contribution in [2.45, 2.75) is 6.10 Å². The van der Waals surface area contributed by atoms with Crippen LogP contribution in [0.4, 0.5) is 5.13 Å². The van der Waals surface area contributed by atoms with Crippen molar-refractivity contribution in [1.82, 2.24) is 10.2 Å². The van der Waals surface area contributed by atoms with Gasteiger partial charge in [-0.1, -0.05) is 41.7 Å². The fourth-order valence-corrected chi connectivity index (χ4v) is 1.87. The van der Waals surface area contributed by atoms with Crippen molar-refractivity contribution in [3.8, 4) is 0 Å². The number of methoxy groups -OCH3 is 1. The number of nitrogens with zero attached hydrogens (tertiary/aromatic N) is 2. The second kappa shape index (κ2) is 5.51. The molecule has 17 heavy (non-hydrogen) atoms. The van der Waals surface area contributed by atoms with Crippen LogP contribution in [0.25, 0.3) is 0 Å². The van der Waals surface area contributed by atoms with E-state index < -0.39 is 6.10 Å². The van der Waals surface area contributed by atoms with Crippen molar-refractivity contribution in [3.63, 3.8) is 0 Å². The molecule has 88 valence electrons. The molecule has 0 aliphatic carbocycles. The number of hydrogen-bond donors (Lipinski definition) is 1. The first-order chi connectivity index (χ1) is 8.31. The molecule has 0 unspecified atom stereocenters. The van der Waals surface area contributed by atoms with E-state index in [0.29, 0.717) is 5.13 Å². The van der Waals surface area contributed by atoms with Gasteiger partial charge in [0.15, 0.2) is 6.10 Å². The third kappa shape index (κ3) is 2.86. The molecule has 0 aliphatic rings. The zero-order valence-corrected chi connectivity index (χ0v) is 9.98. The van der Waals surface area contributed by atoms with E-state index in [1.165, 1.54) is 18.4 Å². The van der Waals surface area contributed by atoms with Crippen LogP contribution >= 0.6 is 11.3 Å². The Balaban J connectivity index is 2.11. The second-order valence-electron chi connectivity index (χ2n) is 3.26. The zero-order chi connectivity index (χ0) is 12.1. The lowest BCUT2D eigenvalue weighted by Crippen LogP contribution is -2.22. The zero-order valence-electron chi connectivity index (χ0n) is 9.16. The number of nitrogens with one attached hydrogen (secondary N) is 1. The molecule has 2 rings (SSSR count). The van der Waals surface area contributed by atoms with E-state index in [1.54, 1.807) is 5.51 Å². The summed E-state index contributed by atoms with van der Waals surface area (Å²) in [6.45, 7) is 0. The molecule has 0 radical (unpaired) electrons. The maximum absolute atomic E-state index is 11.9. The summed E-state index contributed by atoms with van der Waals surface area (Å²) in [6, 6.07) is 9.29. The van der Waals surface area contributed by atoms with E-state index in [2.05, 4.69) is 15.5 Å². The van der Waals surface area contributed by atoms with Gasteiger partial charge in [-0.2, -0.15) is 0 Å². The van der Waals surface area contributed by atoms with Crippen molar-refractivity contribution < 1.29 is 9.53 Å². The van der Waals surface area contributed by atoms with E-state index in [1.807, 2.05) is 30.3 Å². The Hall–Kier alpha value is -1.79. The van der Waals surface area contributed by atoms with E-state index in [-0.39, 0.29) is 5.91 Å². The number of carbonyl (C=O) groups excluding carboxylic acids is 1. The minimum absolute atomic E-state index is 0.254. The third-order valence-electron chi connectivity index (χ3n) is 2.17. The highest BCUT2D eigenvalue weighted by molar-refractivity contribution is 7.13. The van der Waals surface area contributed by atoms with Gasteiger partial charge in [-0.15, -0.1) is 10.2 Å². The predicted octanol–water partition coefficient (Wildman–Crippen LogP) is 1.86. The van der Waals surface area contributed by atoms with Gasteiger partial charge >= 0.3 is 0 Å². The highest BCUT2D eigenvalue weighted by Gasteiger charge is 2.20. The van der Waals surface area contributed by atoms with E-state index in [4.69, 9.17) is 4.74 Å². The number of anilines is 1. The minimum Gasteiger partial charge on any atom is -0.367 e. The molecule has 0 saturated heterocycles. The van der Waals surface area contributed by atoms with Crippen LogP contribution in [0.3, 0.4) is 0 Å². The van der Waals surface area contributed by atoms with Crippen LogP contribution in [0.15, 0.2) is 35.8 Å². The molecule has 2 aromatic rings. The number of aromatic nitrogens is 2. The minimum atomic E-state index is -0.639. The van der Waals surface area contributed by atoms with Gasteiger partial charge in [0.25, 0.3) is 5.91 Å². The summed E-state index contributed by atoms with van der Waals surface area (Å²) < 4.78 is 5.19.